The molecule has 22 heavy (non-hydrogen) atoms. The first-order chi connectivity index (χ1) is 10.5. The molecule has 0 spiro atoms. The first-order valence-corrected chi connectivity index (χ1v) is 8.13. The lowest BCUT2D eigenvalue weighted by atomic mass is 9.85. The minimum atomic E-state index is -0.123. The summed E-state index contributed by atoms with van der Waals surface area (Å²) in [6.45, 7) is 4.77. The van der Waals surface area contributed by atoms with Gasteiger partial charge in [0.15, 0.2) is 5.96 Å². The van der Waals surface area contributed by atoms with E-state index in [2.05, 4.69) is 29.4 Å². The molecule has 3 aliphatic rings. The van der Waals surface area contributed by atoms with Crippen molar-refractivity contribution >= 4 is 17.8 Å². The molecule has 0 aromatic carbocycles. The lowest BCUT2D eigenvalue weighted by molar-refractivity contribution is -0.140. The number of aliphatic imine (C=N–C) groups is 1. The van der Waals surface area contributed by atoms with Crippen molar-refractivity contribution in [2.45, 2.75) is 32.7 Å². The molecule has 0 aromatic heterocycles. The molecule has 1 aliphatic heterocycles. The van der Waals surface area contributed by atoms with Crippen molar-refractivity contribution in [3.63, 3.8) is 0 Å². The second-order valence-electron chi connectivity index (χ2n) is 6.55. The van der Waals surface area contributed by atoms with Gasteiger partial charge in [0.05, 0.1) is 18.4 Å². The third kappa shape index (κ3) is 2.40. The summed E-state index contributed by atoms with van der Waals surface area (Å²) in [5, 5.41) is 3.07. The lowest BCUT2D eigenvalue weighted by Crippen LogP contribution is -2.39. The number of carbonyl (C=O) groups excluding carboxylic acids is 2. The fourth-order valence-corrected chi connectivity index (χ4v) is 3.86. The maximum absolute atomic E-state index is 12.5. The van der Waals surface area contributed by atoms with E-state index >= 15 is 0 Å². The first kappa shape index (κ1) is 15.1. The number of imide groups is 1. The summed E-state index contributed by atoms with van der Waals surface area (Å²) >= 11 is 0. The highest BCUT2D eigenvalue weighted by Gasteiger charge is 2.58. The lowest BCUT2D eigenvalue weighted by Gasteiger charge is -2.16. The number of fused-ring (bicyclic) bond motifs is 5. The van der Waals surface area contributed by atoms with Gasteiger partial charge in [-0.3, -0.25) is 19.5 Å². The molecule has 120 valence electrons. The number of allylic oxidation sites excluding steroid dienone is 2. The number of nitrogens with two attached hydrogens (primary N) is 1. The fourth-order valence-electron chi connectivity index (χ4n) is 3.86. The average Bonchev–Trinajstić information content (AvgIpc) is 3.16. The third-order valence-corrected chi connectivity index (χ3v) is 5.17. The van der Waals surface area contributed by atoms with Gasteiger partial charge in [0, 0.05) is 12.6 Å². The molecule has 0 aromatic rings. The van der Waals surface area contributed by atoms with Gasteiger partial charge in [-0.25, -0.2) is 0 Å². The molecule has 1 saturated heterocycles. The maximum Gasteiger partial charge on any atom is 0.233 e. The number of amides is 2. The van der Waals surface area contributed by atoms with Crippen LogP contribution < -0.4 is 11.1 Å². The minimum Gasteiger partial charge on any atom is -0.370 e. The van der Waals surface area contributed by atoms with Gasteiger partial charge in [0.1, 0.15) is 0 Å². The third-order valence-electron chi connectivity index (χ3n) is 5.17. The smallest absolute Gasteiger partial charge is 0.233 e. The van der Waals surface area contributed by atoms with Crippen LogP contribution in [0.5, 0.6) is 0 Å². The molecule has 2 fully saturated rings. The Bertz CT molecular complexity index is 512. The van der Waals surface area contributed by atoms with Crippen molar-refractivity contribution in [1.29, 1.82) is 0 Å². The quantitative estimate of drug-likeness (QED) is 0.335. The summed E-state index contributed by atoms with van der Waals surface area (Å²) < 4.78 is 0. The number of nitrogens with zero attached hydrogens (tertiary/aromatic N) is 2. The maximum atomic E-state index is 12.5. The van der Waals surface area contributed by atoms with Gasteiger partial charge >= 0.3 is 0 Å². The van der Waals surface area contributed by atoms with Crippen LogP contribution in [0.15, 0.2) is 17.1 Å². The van der Waals surface area contributed by atoms with Crippen LogP contribution in [0.3, 0.4) is 0 Å². The fraction of sp³-hybridized carbons (Fsp3) is 0.688. The number of guanidine groups is 1. The van der Waals surface area contributed by atoms with E-state index in [1.54, 1.807) is 0 Å². The van der Waals surface area contributed by atoms with Gasteiger partial charge < -0.3 is 11.1 Å². The highest BCUT2D eigenvalue weighted by molar-refractivity contribution is 6.06. The van der Waals surface area contributed by atoms with E-state index in [1.807, 2.05) is 6.92 Å². The topological polar surface area (TPSA) is 87.8 Å². The van der Waals surface area contributed by atoms with Crippen molar-refractivity contribution in [3.05, 3.63) is 12.2 Å². The molecule has 6 heteroatoms. The van der Waals surface area contributed by atoms with E-state index in [9.17, 15) is 9.59 Å². The summed E-state index contributed by atoms with van der Waals surface area (Å²) in [5.74, 6) is 0.611. The van der Waals surface area contributed by atoms with E-state index in [1.165, 1.54) is 4.90 Å². The van der Waals surface area contributed by atoms with Crippen molar-refractivity contribution < 1.29 is 9.59 Å². The van der Waals surface area contributed by atoms with Crippen LogP contribution in [-0.2, 0) is 9.59 Å². The number of carbonyl (C=O) groups is 2. The summed E-state index contributed by atoms with van der Waals surface area (Å²) in [4.78, 5) is 30.5. The van der Waals surface area contributed by atoms with Gasteiger partial charge in [-0.1, -0.05) is 19.1 Å². The summed E-state index contributed by atoms with van der Waals surface area (Å²) in [5.41, 5.74) is 5.79. The van der Waals surface area contributed by atoms with Crippen LogP contribution in [0.25, 0.3) is 0 Å². The Morgan fingerprint density at radius 3 is 2.50 bits per heavy atom. The second-order valence-corrected chi connectivity index (χ2v) is 6.55. The average molecular weight is 304 g/mol. The Kier molecular flexibility index (Phi) is 3.93. The largest absolute Gasteiger partial charge is 0.370 e. The standard InChI is InChI=1S/C16H24N4O2/c1-3-9(2)19-16(17)18-6-7-20-14(21)12-10-4-5-11(8-10)13(12)15(20)22/h4-5,9-13H,3,6-8H2,1-2H3,(H3,17,18,19). The molecule has 1 heterocycles. The van der Waals surface area contributed by atoms with Crippen LogP contribution in [0, 0.1) is 23.7 Å². The number of hydrogen-bond donors (Lipinski definition) is 2. The second kappa shape index (κ2) is 5.74. The highest BCUT2D eigenvalue weighted by Crippen LogP contribution is 2.52. The highest BCUT2D eigenvalue weighted by atomic mass is 16.2. The predicted octanol–water partition coefficient (Wildman–Crippen LogP) is 0.496. The van der Waals surface area contributed by atoms with Gasteiger partial charge in [-0.05, 0) is 31.6 Å². The Hall–Kier alpha value is -1.85. The van der Waals surface area contributed by atoms with Crippen molar-refractivity contribution in [1.82, 2.24) is 10.2 Å². The van der Waals surface area contributed by atoms with Crippen LogP contribution >= 0.6 is 0 Å². The number of nitrogens with one attached hydrogen (secondary N) is 1. The Morgan fingerprint density at radius 2 is 1.95 bits per heavy atom. The van der Waals surface area contributed by atoms with Gasteiger partial charge in [-0.15, -0.1) is 0 Å². The summed E-state index contributed by atoms with van der Waals surface area (Å²) in [6.07, 6.45) is 6.13. The number of likely N-dealkylation sites (tertiary alicyclic amines) is 1. The van der Waals surface area contributed by atoms with Crippen LogP contribution in [-0.4, -0.2) is 41.8 Å². The van der Waals surface area contributed by atoms with E-state index in [0.717, 1.165) is 12.8 Å². The van der Waals surface area contributed by atoms with E-state index in [0.29, 0.717) is 19.0 Å². The molecule has 2 aliphatic carbocycles. The molecule has 5 atom stereocenters. The van der Waals surface area contributed by atoms with Crippen molar-refractivity contribution in [3.8, 4) is 0 Å². The zero-order chi connectivity index (χ0) is 15.9. The van der Waals surface area contributed by atoms with Crippen LogP contribution in [0.4, 0.5) is 0 Å². The first-order valence-electron chi connectivity index (χ1n) is 8.13. The molecule has 3 N–H and O–H groups in total. The molecule has 2 bridgehead atoms. The van der Waals surface area contributed by atoms with Crippen LogP contribution in [0.2, 0.25) is 0 Å². The van der Waals surface area contributed by atoms with Gasteiger partial charge in [0.2, 0.25) is 11.8 Å². The molecule has 6 nitrogen and oxygen atoms in total. The SMILES string of the molecule is CCC(C)NC(N)=NCCN1C(=O)C2C3C=CC(C3)C2C1=O. The predicted molar refractivity (Wildman–Crippen MR) is 83.8 cm³/mol. The van der Waals surface area contributed by atoms with E-state index in [4.69, 9.17) is 5.73 Å². The molecular weight excluding hydrogens is 280 g/mol. The zero-order valence-corrected chi connectivity index (χ0v) is 13.2. The number of hydrogen-bond acceptors (Lipinski definition) is 3. The number of rotatable bonds is 5. The Balaban J connectivity index is 1.57. The minimum absolute atomic E-state index is 0.0180. The summed E-state index contributed by atoms with van der Waals surface area (Å²) in [6, 6.07) is 0.264. The molecule has 2 amide bonds. The van der Waals surface area contributed by atoms with Crippen molar-refractivity contribution in [2.24, 2.45) is 34.4 Å². The summed E-state index contributed by atoms with van der Waals surface area (Å²) in [7, 11) is 0. The molecule has 3 rings (SSSR count). The van der Waals surface area contributed by atoms with E-state index in [-0.39, 0.29) is 41.5 Å². The van der Waals surface area contributed by atoms with Crippen molar-refractivity contribution in [2.75, 3.05) is 13.1 Å². The molecule has 1 saturated carbocycles. The molecule has 5 unspecified atom stereocenters. The molecular formula is C16H24N4O2. The Labute approximate surface area is 130 Å². The normalized spacial score (nSPS) is 34.5. The molecule has 0 radical (unpaired) electrons. The van der Waals surface area contributed by atoms with Gasteiger partial charge in [-0.2, -0.15) is 0 Å². The Morgan fingerprint density at radius 1 is 1.36 bits per heavy atom. The van der Waals surface area contributed by atoms with Gasteiger partial charge in [0.25, 0.3) is 0 Å². The monoisotopic (exact) mass is 304 g/mol. The van der Waals surface area contributed by atoms with E-state index < -0.39 is 0 Å². The zero-order valence-electron chi connectivity index (χ0n) is 13.2. The van der Waals surface area contributed by atoms with Crippen LogP contribution in [0.1, 0.15) is 26.7 Å².